The Morgan fingerprint density at radius 1 is 1.08 bits per heavy atom. The van der Waals surface area contributed by atoms with Gasteiger partial charge in [0.2, 0.25) is 0 Å². The van der Waals surface area contributed by atoms with Crippen LogP contribution < -0.4 is 0 Å². The van der Waals surface area contributed by atoms with Gasteiger partial charge in [-0.05, 0) is 53.3 Å². The van der Waals surface area contributed by atoms with E-state index in [2.05, 4.69) is 31.9 Å². The largest absolute Gasteiger partial charge is 0.508 e. The van der Waals surface area contributed by atoms with Crippen LogP contribution in [0.2, 0.25) is 0 Å². The van der Waals surface area contributed by atoms with Gasteiger partial charge in [0.25, 0.3) is 0 Å². The summed E-state index contributed by atoms with van der Waals surface area (Å²) in [6.45, 7) is 0. The molecule has 0 spiro atoms. The van der Waals surface area contributed by atoms with Gasteiger partial charge in [0, 0.05) is 5.92 Å². The van der Waals surface area contributed by atoms with E-state index < -0.39 is 21.1 Å². The molecule has 3 unspecified atom stereocenters. The van der Waals surface area contributed by atoms with E-state index in [1.807, 2.05) is 0 Å². The molecule has 0 saturated heterocycles. The fourth-order valence-electron chi connectivity index (χ4n) is 4.17. The molecule has 2 aromatic carbocycles. The molecule has 0 aliphatic heterocycles. The van der Waals surface area contributed by atoms with E-state index in [0.717, 1.165) is 29.5 Å². The predicted octanol–water partition coefficient (Wildman–Crippen LogP) is 4.75. The monoisotopic (exact) mass is 480 g/mol. The van der Waals surface area contributed by atoms with Crippen LogP contribution in [-0.4, -0.2) is 27.3 Å². The third kappa shape index (κ3) is 2.26. The molecule has 0 bridgehead atoms. The molecule has 4 rings (SSSR count). The summed E-state index contributed by atoms with van der Waals surface area (Å²) >= 11 is 7.45. The fourth-order valence-corrected chi connectivity index (χ4v) is 6.11. The number of carboxylic acid groups (broad SMARTS) is 2. The quantitative estimate of drug-likeness (QED) is 0.538. The SMILES string of the molecule is O=C(O)c1ccc2c(c1C(=O)O)C(Br)c1ccc(O)cc1C1(Br)CCC21. The minimum atomic E-state index is -1.27. The van der Waals surface area contributed by atoms with Crippen molar-refractivity contribution in [2.45, 2.75) is 27.9 Å². The molecule has 5 nitrogen and oxygen atoms in total. The van der Waals surface area contributed by atoms with Gasteiger partial charge < -0.3 is 15.3 Å². The Kier molecular flexibility index (Phi) is 3.93. The lowest BCUT2D eigenvalue weighted by Crippen LogP contribution is -2.37. The number of hydrogen-bond acceptors (Lipinski definition) is 3. The molecule has 0 amide bonds. The average molecular weight is 482 g/mol. The van der Waals surface area contributed by atoms with Gasteiger partial charge in [-0.3, -0.25) is 0 Å². The molecule has 0 aromatic heterocycles. The van der Waals surface area contributed by atoms with E-state index in [1.54, 1.807) is 24.3 Å². The third-order valence-electron chi connectivity index (χ3n) is 5.46. The zero-order valence-corrected chi connectivity index (χ0v) is 16.5. The van der Waals surface area contributed by atoms with Crippen molar-refractivity contribution in [3.63, 3.8) is 0 Å². The second-order valence-corrected chi connectivity index (χ2v) is 9.02. The Morgan fingerprint density at radius 2 is 1.77 bits per heavy atom. The van der Waals surface area contributed by atoms with Crippen LogP contribution in [0.4, 0.5) is 0 Å². The number of halogens is 2. The molecule has 1 fully saturated rings. The Hall–Kier alpha value is -1.86. The highest BCUT2D eigenvalue weighted by atomic mass is 79.9. The number of phenols is 1. The van der Waals surface area contributed by atoms with Crippen LogP contribution in [0.15, 0.2) is 30.3 Å². The number of fused-ring (bicyclic) bond motifs is 5. The normalized spacial score (nSPS) is 25.9. The van der Waals surface area contributed by atoms with E-state index in [4.69, 9.17) is 0 Å². The number of phenolic OH excluding ortho intramolecular Hbond substituents is 1. The van der Waals surface area contributed by atoms with Crippen LogP contribution in [0.1, 0.15) is 66.6 Å². The summed E-state index contributed by atoms with van der Waals surface area (Å²) < 4.78 is -0.404. The van der Waals surface area contributed by atoms with Crippen molar-refractivity contribution >= 4 is 43.8 Å². The first kappa shape index (κ1) is 17.5. The lowest BCUT2D eigenvalue weighted by Gasteiger charge is -2.46. The van der Waals surface area contributed by atoms with Crippen molar-refractivity contribution in [1.29, 1.82) is 0 Å². The van der Waals surface area contributed by atoms with Crippen molar-refractivity contribution in [3.05, 3.63) is 63.7 Å². The van der Waals surface area contributed by atoms with Crippen molar-refractivity contribution in [1.82, 2.24) is 0 Å². The molecule has 0 heterocycles. The molecule has 2 aromatic rings. The molecule has 3 N–H and O–H groups in total. The highest BCUT2D eigenvalue weighted by Gasteiger charge is 2.52. The summed E-state index contributed by atoms with van der Waals surface area (Å²) in [7, 11) is 0. The van der Waals surface area contributed by atoms with Crippen LogP contribution in [0.5, 0.6) is 5.75 Å². The lowest BCUT2D eigenvalue weighted by atomic mass is 9.66. The highest BCUT2D eigenvalue weighted by molar-refractivity contribution is 9.09. The summed E-state index contributed by atoms with van der Waals surface area (Å²) in [5, 5.41) is 29.2. The maximum atomic E-state index is 12.0. The molecular weight excluding hydrogens is 468 g/mol. The summed E-state index contributed by atoms with van der Waals surface area (Å²) in [4.78, 5) is 23.1. The minimum Gasteiger partial charge on any atom is -0.508 e. The van der Waals surface area contributed by atoms with Gasteiger partial charge in [0.1, 0.15) is 5.75 Å². The Labute approximate surface area is 165 Å². The molecule has 3 atom stereocenters. The molecule has 26 heavy (non-hydrogen) atoms. The summed E-state index contributed by atoms with van der Waals surface area (Å²) in [6, 6.07) is 8.13. The summed E-state index contributed by atoms with van der Waals surface area (Å²) in [6.07, 6.45) is 1.69. The number of alkyl halides is 2. The van der Waals surface area contributed by atoms with Gasteiger partial charge in [-0.2, -0.15) is 0 Å². The van der Waals surface area contributed by atoms with Crippen LogP contribution in [0.25, 0.3) is 0 Å². The first-order valence-corrected chi connectivity index (χ1v) is 9.76. The molecule has 1 saturated carbocycles. The average Bonchev–Trinajstić information content (AvgIpc) is 2.62. The topological polar surface area (TPSA) is 94.8 Å². The zero-order valence-electron chi connectivity index (χ0n) is 13.4. The first-order chi connectivity index (χ1) is 12.3. The van der Waals surface area contributed by atoms with Crippen LogP contribution in [0.3, 0.4) is 0 Å². The van der Waals surface area contributed by atoms with Crippen LogP contribution in [-0.2, 0) is 4.32 Å². The Balaban J connectivity index is 2.10. The molecule has 0 radical (unpaired) electrons. The Bertz CT molecular complexity index is 971. The molecule has 2 aliphatic rings. The van der Waals surface area contributed by atoms with Crippen LogP contribution >= 0.6 is 31.9 Å². The Morgan fingerprint density at radius 3 is 2.35 bits per heavy atom. The number of benzene rings is 2. The molecule has 134 valence electrons. The van der Waals surface area contributed by atoms with E-state index in [9.17, 15) is 24.9 Å². The number of carboxylic acids is 2. The van der Waals surface area contributed by atoms with Gasteiger partial charge in [0.05, 0.1) is 20.3 Å². The van der Waals surface area contributed by atoms with Crippen molar-refractivity contribution in [2.75, 3.05) is 0 Å². The van der Waals surface area contributed by atoms with Gasteiger partial charge in [-0.15, -0.1) is 0 Å². The molecule has 7 heteroatoms. The third-order valence-corrected chi connectivity index (χ3v) is 7.79. The van der Waals surface area contributed by atoms with E-state index in [-0.39, 0.29) is 22.8 Å². The lowest BCUT2D eigenvalue weighted by molar-refractivity contribution is 0.0650. The number of hydrogen-bond donors (Lipinski definition) is 3. The van der Waals surface area contributed by atoms with Gasteiger partial charge in [-0.25, -0.2) is 9.59 Å². The van der Waals surface area contributed by atoms with Crippen molar-refractivity contribution in [3.8, 4) is 5.75 Å². The van der Waals surface area contributed by atoms with Gasteiger partial charge in [-0.1, -0.05) is 44.0 Å². The first-order valence-electron chi connectivity index (χ1n) is 8.05. The second kappa shape index (κ2) is 5.82. The van der Waals surface area contributed by atoms with E-state index >= 15 is 0 Å². The fraction of sp³-hybridized carbons (Fsp3) is 0.263. The smallest absolute Gasteiger partial charge is 0.336 e. The minimum absolute atomic E-state index is 0.00143. The number of aromatic hydroxyl groups is 1. The van der Waals surface area contributed by atoms with E-state index in [1.165, 1.54) is 6.07 Å². The van der Waals surface area contributed by atoms with Gasteiger partial charge >= 0.3 is 11.9 Å². The van der Waals surface area contributed by atoms with Crippen molar-refractivity contribution in [2.24, 2.45) is 0 Å². The highest BCUT2D eigenvalue weighted by Crippen LogP contribution is 2.64. The summed E-state index contributed by atoms with van der Waals surface area (Å²) in [5.74, 6) is -2.38. The standard InChI is InChI=1S/C19H14Br2O5/c20-16-10-2-1-8(22)7-13(10)19(21)6-5-12(19)9-3-4-11(17(23)24)15(14(9)16)18(25)26/h1-4,7,12,16,22H,5-6H2,(H,23,24)(H,25,26). The molecular formula is C19H14Br2O5. The zero-order chi connectivity index (χ0) is 18.8. The van der Waals surface area contributed by atoms with Crippen molar-refractivity contribution < 1.29 is 24.9 Å². The van der Waals surface area contributed by atoms with Crippen LogP contribution in [0, 0.1) is 0 Å². The number of rotatable bonds is 2. The number of carbonyl (C=O) groups is 2. The predicted molar refractivity (Wildman–Crippen MR) is 102 cm³/mol. The molecule has 2 aliphatic carbocycles. The van der Waals surface area contributed by atoms with E-state index in [0.29, 0.717) is 5.56 Å². The summed E-state index contributed by atoms with van der Waals surface area (Å²) in [5.41, 5.74) is 2.64. The number of aromatic carboxylic acids is 2. The van der Waals surface area contributed by atoms with Gasteiger partial charge in [0.15, 0.2) is 0 Å². The second-order valence-electron chi connectivity index (χ2n) is 6.69. The maximum Gasteiger partial charge on any atom is 0.336 e. The maximum absolute atomic E-state index is 12.0.